The highest BCUT2D eigenvalue weighted by Crippen LogP contribution is 2.24. The average Bonchev–Trinajstić information content (AvgIpc) is 2.85. The predicted molar refractivity (Wildman–Crippen MR) is 78.8 cm³/mol. The van der Waals surface area contributed by atoms with Crippen molar-refractivity contribution in [3.05, 3.63) is 64.6 Å². The van der Waals surface area contributed by atoms with E-state index in [-0.39, 0.29) is 6.04 Å². The minimum absolute atomic E-state index is 0.180. The molecule has 4 heteroatoms. The van der Waals surface area contributed by atoms with Gasteiger partial charge in [-0.15, -0.1) is 0 Å². The molecule has 3 nitrogen and oxygen atoms in total. The van der Waals surface area contributed by atoms with Crippen LogP contribution in [0.2, 0.25) is 0 Å². The Morgan fingerprint density at radius 1 is 1.21 bits per heavy atom. The second kappa shape index (κ2) is 5.15. The Balaban J connectivity index is 1.83. The summed E-state index contributed by atoms with van der Waals surface area (Å²) in [4.78, 5) is 4.33. The van der Waals surface area contributed by atoms with E-state index in [2.05, 4.69) is 20.9 Å². The van der Waals surface area contributed by atoms with Gasteiger partial charge in [0.2, 0.25) is 0 Å². The molecule has 1 unspecified atom stereocenters. The van der Waals surface area contributed by atoms with Crippen LogP contribution in [0, 0.1) is 0 Å². The van der Waals surface area contributed by atoms with Crippen molar-refractivity contribution in [2.45, 2.75) is 12.5 Å². The molecular formula is C15H13BrN2O. The molecule has 2 heterocycles. The summed E-state index contributed by atoms with van der Waals surface area (Å²) in [5.74, 6) is 0.797. The van der Waals surface area contributed by atoms with E-state index in [1.165, 1.54) is 0 Å². The van der Waals surface area contributed by atoms with Crippen molar-refractivity contribution in [3.8, 4) is 0 Å². The molecule has 3 rings (SSSR count). The van der Waals surface area contributed by atoms with Gasteiger partial charge in [-0.25, -0.2) is 0 Å². The van der Waals surface area contributed by atoms with E-state index in [1.807, 2.05) is 42.5 Å². The molecule has 0 aliphatic rings. The van der Waals surface area contributed by atoms with Crippen LogP contribution in [0.25, 0.3) is 11.0 Å². The molecule has 0 spiro atoms. The van der Waals surface area contributed by atoms with Crippen molar-refractivity contribution < 1.29 is 4.42 Å². The molecule has 1 atom stereocenters. The first-order valence-electron chi connectivity index (χ1n) is 6.07. The lowest BCUT2D eigenvalue weighted by Crippen LogP contribution is -2.13. The van der Waals surface area contributed by atoms with Gasteiger partial charge >= 0.3 is 0 Å². The Bertz CT molecular complexity index is 658. The number of nitrogens with two attached hydrogens (primary N) is 1. The SMILES string of the molecule is NC(Cc1ccc(Br)cn1)c1cc2ccccc2o1. The van der Waals surface area contributed by atoms with Gasteiger partial charge in [-0.1, -0.05) is 18.2 Å². The highest BCUT2D eigenvalue weighted by atomic mass is 79.9. The molecule has 96 valence electrons. The maximum atomic E-state index is 6.18. The Labute approximate surface area is 119 Å². The van der Waals surface area contributed by atoms with Crippen LogP contribution in [-0.2, 0) is 6.42 Å². The number of fused-ring (bicyclic) bond motifs is 1. The van der Waals surface area contributed by atoms with Gasteiger partial charge < -0.3 is 10.2 Å². The Morgan fingerprint density at radius 3 is 2.79 bits per heavy atom. The molecule has 0 bridgehead atoms. The number of hydrogen-bond donors (Lipinski definition) is 1. The Kier molecular flexibility index (Phi) is 3.36. The maximum Gasteiger partial charge on any atom is 0.134 e. The normalized spacial score (nSPS) is 12.7. The third kappa shape index (κ3) is 2.69. The number of para-hydroxylation sites is 1. The van der Waals surface area contributed by atoms with E-state index in [1.54, 1.807) is 6.20 Å². The highest BCUT2D eigenvalue weighted by molar-refractivity contribution is 9.10. The molecule has 2 N–H and O–H groups in total. The summed E-state index contributed by atoms with van der Waals surface area (Å²) in [6.45, 7) is 0. The number of nitrogens with zero attached hydrogens (tertiary/aromatic N) is 1. The number of halogens is 1. The molecule has 2 aromatic heterocycles. The van der Waals surface area contributed by atoms with Crippen molar-refractivity contribution in [1.82, 2.24) is 4.98 Å². The van der Waals surface area contributed by atoms with Crippen LogP contribution in [0.15, 0.2) is 57.6 Å². The van der Waals surface area contributed by atoms with E-state index >= 15 is 0 Å². The Morgan fingerprint density at radius 2 is 2.05 bits per heavy atom. The van der Waals surface area contributed by atoms with Crippen molar-refractivity contribution in [1.29, 1.82) is 0 Å². The molecule has 19 heavy (non-hydrogen) atoms. The number of pyridine rings is 1. The van der Waals surface area contributed by atoms with E-state index in [0.717, 1.165) is 26.9 Å². The molecular weight excluding hydrogens is 304 g/mol. The van der Waals surface area contributed by atoms with Crippen LogP contribution in [-0.4, -0.2) is 4.98 Å². The van der Waals surface area contributed by atoms with Gasteiger partial charge in [-0.3, -0.25) is 4.98 Å². The third-order valence-corrected chi connectivity index (χ3v) is 3.50. The topological polar surface area (TPSA) is 52.0 Å². The number of rotatable bonds is 3. The van der Waals surface area contributed by atoms with E-state index in [0.29, 0.717) is 6.42 Å². The number of hydrogen-bond acceptors (Lipinski definition) is 3. The fraction of sp³-hybridized carbons (Fsp3) is 0.133. The largest absolute Gasteiger partial charge is 0.459 e. The quantitative estimate of drug-likeness (QED) is 0.798. The van der Waals surface area contributed by atoms with Gasteiger partial charge in [0, 0.05) is 28.2 Å². The minimum atomic E-state index is -0.180. The van der Waals surface area contributed by atoms with Gasteiger partial charge in [0.15, 0.2) is 0 Å². The number of aromatic nitrogens is 1. The van der Waals surface area contributed by atoms with Crippen molar-refractivity contribution in [2.24, 2.45) is 5.73 Å². The third-order valence-electron chi connectivity index (χ3n) is 3.03. The molecule has 0 saturated heterocycles. The number of benzene rings is 1. The van der Waals surface area contributed by atoms with Gasteiger partial charge in [-0.05, 0) is 40.2 Å². The van der Waals surface area contributed by atoms with Gasteiger partial charge in [0.05, 0.1) is 6.04 Å². The van der Waals surface area contributed by atoms with Crippen LogP contribution in [0.3, 0.4) is 0 Å². The van der Waals surface area contributed by atoms with Crippen LogP contribution in [0.5, 0.6) is 0 Å². The zero-order chi connectivity index (χ0) is 13.2. The van der Waals surface area contributed by atoms with Crippen molar-refractivity contribution >= 4 is 26.9 Å². The fourth-order valence-corrected chi connectivity index (χ4v) is 2.27. The zero-order valence-electron chi connectivity index (χ0n) is 10.2. The molecule has 3 aromatic rings. The molecule has 0 fully saturated rings. The molecule has 0 aliphatic carbocycles. The molecule has 0 amide bonds. The summed E-state index contributed by atoms with van der Waals surface area (Å²) < 4.78 is 6.73. The van der Waals surface area contributed by atoms with Crippen LogP contribution in [0.4, 0.5) is 0 Å². The Hall–Kier alpha value is -1.65. The molecule has 0 radical (unpaired) electrons. The molecule has 1 aromatic carbocycles. The van der Waals surface area contributed by atoms with Crippen LogP contribution < -0.4 is 5.73 Å². The first-order chi connectivity index (χ1) is 9.22. The molecule has 0 saturated carbocycles. The van der Waals surface area contributed by atoms with Crippen molar-refractivity contribution in [3.63, 3.8) is 0 Å². The summed E-state index contributed by atoms with van der Waals surface area (Å²) in [6.07, 6.45) is 2.44. The van der Waals surface area contributed by atoms with Crippen LogP contribution >= 0.6 is 15.9 Å². The van der Waals surface area contributed by atoms with Gasteiger partial charge in [0.1, 0.15) is 11.3 Å². The average molecular weight is 317 g/mol. The first kappa shape index (κ1) is 12.4. The van der Waals surface area contributed by atoms with Crippen molar-refractivity contribution in [2.75, 3.05) is 0 Å². The zero-order valence-corrected chi connectivity index (χ0v) is 11.8. The predicted octanol–water partition coefficient (Wildman–Crippen LogP) is 3.83. The summed E-state index contributed by atoms with van der Waals surface area (Å²) in [6, 6.07) is 13.7. The first-order valence-corrected chi connectivity index (χ1v) is 6.86. The number of furan rings is 1. The highest BCUT2D eigenvalue weighted by Gasteiger charge is 2.13. The van der Waals surface area contributed by atoms with E-state index < -0.39 is 0 Å². The van der Waals surface area contributed by atoms with E-state index in [9.17, 15) is 0 Å². The van der Waals surface area contributed by atoms with Gasteiger partial charge in [0.25, 0.3) is 0 Å². The maximum absolute atomic E-state index is 6.18. The lowest BCUT2D eigenvalue weighted by Gasteiger charge is -2.07. The minimum Gasteiger partial charge on any atom is -0.459 e. The van der Waals surface area contributed by atoms with E-state index in [4.69, 9.17) is 10.2 Å². The monoisotopic (exact) mass is 316 g/mol. The second-order valence-electron chi connectivity index (χ2n) is 4.46. The standard InChI is InChI=1S/C15H13BrN2O/c16-11-5-6-12(18-9-11)8-13(17)15-7-10-3-1-2-4-14(10)19-15/h1-7,9,13H,8,17H2. The second-order valence-corrected chi connectivity index (χ2v) is 5.38. The summed E-state index contributed by atoms with van der Waals surface area (Å²) >= 11 is 3.37. The lowest BCUT2D eigenvalue weighted by molar-refractivity contribution is 0.491. The smallest absolute Gasteiger partial charge is 0.134 e. The molecule has 0 aliphatic heterocycles. The van der Waals surface area contributed by atoms with Gasteiger partial charge in [-0.2, -0.15) is 0 Å². The van der Waals surface area contributed by atoms with Crippen LogP contribution in [0.1, 0.15) is 17.5 Å². The summed E-state index contributed by atoms with van der Waals surface area (Å²) in [5, 5.41) is 1.08. The fourth-order valence-electron chi connectivity index (χ4n) is 2.04. The summed E-state index contributed by atoms with van der Waals surface area (Å²) in [7, 11) is 0. The lowest BCUT2D eigenvalue weighted by atomic mass is 10.1. The summed E-state index contributed by atoms with van der Waals surface area (Å²) in [5.41, 5.74) is 8.01.